The predicted molar refractivity (Wildman–Crippen MR) is 109 cm³/mol. The van der Waals surface area contributed by atoms with Crippen LogP contribution in [0.25, 0.3) is 0 Å². The van der Waals surface area contributed by atoms with Crippen molar-refractivity contribution in [3.05, 3.63) is 76.9 Å². The zero-order valence-electron chi connectivity index (χ0n) is 14.9. The maximum atomic E-state index is 6.55. The Labute approximate surface area is 169 Å². The monoisotopic (exact) mass is 401 g/mol. The molecular weight excluding hydrogens is 381 g/mol. The van der Waals surface area contributed by atoms with Crippen molar-refractivity contribution in [3.8, 4) is 0 Å². The Bertz CT molecular complexity index is 861. The lowest BCUT2D eigenvalue weighted by Gasteiger charge is -2.40. The van der Waals surface area contributed by atoms with E-state index in [0.29, 0.717) is 10.0 Å². The molecule has 0 saturated carbocycles. The summed E-state index contributed by atoms with van der Waals surface area (Å²) in [5.41, 5.74) is 1.10. The molecule has 3 aromatic rings. The number of imidazole rings is 1. The van der Waals surface area contributed by atoms with Crippen molar-refractivity contribution in [2.24, 2.45) is 0 Å². The number of halogens is 2. The average Bonchev–Trinajstić information content (AvgIpc) is 3.21. The summed E-state index contributed by atoms with van der Waals surface area (Å²) < 4.78 is 2.10. The smallest absolute Gasteiger partial charge is 0.128 e. The van der Waals surface area contributed by atoms with Gasteiger partial charge in [0.05, 0.1) is 12.4 Å². The van der Waals surface area contributed by atoms with E-state index in [0.717, 1.165) is 44.1 Å². The maximum Gasteiger partial charge on any atom is 0.128 e. The number of anilines is 1. The Balaban J connectivity index is 1.54. The molecule has 27 heavy (non-hydrogen) atoms. The van der Waals surface area contributed by atoms with Crippen molar-refractivity contribution in [2.75, 3.05) is 31.1 Å². The van der Waals surface area contributed by atoms with Crippen molar-refractivity contribution < 1.29 is 0 Å². The second-order valence-corrected chi connectivity index (χ2v) is 7.50. The molecule has 1 atom stereocenters. The molecule has 140 valence electrons. The number of pyridine rings is 1. The highest BCUT2D eigenvalue weighted by atomic mass is 35.5. The largest absolute Gasteiger partial charge is 0.354 e. The molecule has 1 aromatic carbocycles. The fourth-order valence-corrected chi connectivity index (χ4v) is 4.11. The quantitative estimate of drug-likeness (QED) is 0.643. The number of aromatic nitrogens is 3. The number of piperazine rings is 1. The van der Waals surface area contributed by atoms with Gasteiger partial charge in [0.2, 0.25) is 0 Å². The summed E-state index contributed by atoms with van der Waals surface area (Å²) in [5, 5.41) is 1.37. The van der Waals surface area contributed by atoms with Gasteiger partial charge >= 0.3 is 0 Å². The molecule has 7 heteroatoms. The van der Waals surface area contributed by atoms with Crippen LogP contribution in [0.3, 0.4) is 0 Å². The van der Waals surface area contributed by atoms with Gasteiger partial charge in [0.1, 0.15) is 5.82 Å². The number of nitrogens with zero attached hydrogens (tertiary/aromatic N) is 5. The summed E-state index contributed by atoms with van der Waals surface area (Å²) in [5.74, 6) is 1.04. The van der Waals surface area contributed by atoms with Crippen LogP contribution < -0.4 is 4.90 Å². The molecule has 0 radical (unpaired) electrons. The third kappa shape index (κ3) is 4.26. The molecule has 4 rings (SSSR count). The minimum Gasteiger partial charge on any atom is -0.354 e. The normalized spacial score (nSPS) is 16.4. The van der Waals surface area contributed by atoms with E-state index in [1.54, 1.807) is 6.20 Å². The lowest BCUT2D eigenvalue weighted by Crippen LogP contribution is -2.48. The molecule has 0 N–H and O–H groups in total. The molecule has 3 heterocycles. The molecular formula is C20H21Cl2N5. The number of benzene rings is 1. The zero-order chi connectivity index (χ0) is 18.6. The van der Waals surface area contributed by atoms with E-state index in [1.807, 2.05) is 49.1 Å². The SMILES string of the molecule is Clc1ccc(C(Cn2ccnc2)N2CCN(c3ccccn3)CC2)c(Cl)c1. The van der Waals surface area contributed by atoms with Crippen LogP contribution in [0.1, 0.15) is 11.6 Å². The van der Waals surface area contributed by atoms with E-state index in [2.05, 4.69) is 30.4 Å². The van der Waals surface area contributed by atoms with Crippen LogP contribution in [-0.4, -0.2) is 45.6 Å². The molecule has 1 aliphatic heterocycles. The zero-order valence-corrected chi connectivity index (χ0v) is 16.4. The fourth-order valence-electron chi connectivity index (χ4n) is 3.58. The van der Waals surface area contributed by atoms with Crippen LogP contribution >= 0.6 is 23.2 Å². The van der Waals surface area contributed by atoms with Gasteiger partial charge in [0.15, 0.2) is 0 Å². The summed E-state index contributed by atoms with van der Waals surface area (Å²) >= 11 is 12.7. The van der Waals surface area contributed by atoms with Gasteiger partial charge in [-0.1, -0.05) is 35.3 Å². The van der Waals surface area contributed by atoms with Gasteiger partial charge in [-0.05, 0) is 29.8 Å². The number of hydrogen-bond acceptors (Lipinski definition) is 4. The van der Waals surface area contributed by atoms with Crippen molar-refractivity contribution in [2.45, 2.75) is 12.6 Å². The van der Waals surface area contributed by atoms with E-state index < -0.39 is 0 Å². The summed E-state index contributed by atoms with van der Waals surface area (Å²) in [4.78, 5) is 13.5. The van der Waals surface area contributed by atoms with E-state index in [-0.39, 0.29) is 6.04 Å². The predicted octanol–water partition coefficient (Wildman–Crippen LogP) is 4.15. The molecule has 2 aromatic heterocycles. The summed E-state index contributed by atoms with van der Waals surface area (Å²) in [6.45, 7) is 4.54. The summed E-state index contributed by atoms with van der Waals surface area (Å²) in [7, 11) is 0. The topological polar surface area (TPSA) is 37.2 Å². The Hall–Kier alpha value is -2.08. The Morgan fingerprint density at radius 1 is 1.00 bits per heavy atom. The van der Waals surface area contributed by atoms with Gasteiger partial charge in [-0.15, -0.1) is 0 Å². The molecule has 0 bridgehead atoms. The third-order valence-corrected chi connectivity index (χ3v) is 5.56. The molecule has 5 nitrogen and oxygen atoms in total. The maximum absolute atomic E-state index is 6.55. The van der Waals surface area contributed by atoms with E-state index >= 15 is 0 Å². The summed E-state index contributed by atoms with van der Waals surface area (Å²) in [6, 6.07) is 12.0. The first-order valence-electron chi connectivity index (χ1n) is 9.01. The van der Waals surface area contributed by atoms with Gasteiger partial charge < -0.3 is 9.47 Å². The first-order chi connectivity index (χ1) is 13.2. The van der Waals surface area contributed by atoms with Crippen LogP contribution in [-0.2, 0) is 6.54 Å². The van der Waals surface area contributed by atoms with Crippen LogP contribution in [0, 0.1) is 0 Å². The molecule has 1 unspecified atom stereocenters. The lowest BCUT2D eigenvalue weighted by molar-refractivity contribution is 0.168. The summed E-state index contributed by atoms with van der Waals surface area (Å²) in [6.07, 6.45) is 7.48. The second kappa shape index (κ2) is 8.30. The molecule has 0 spiro atoms. The second-order valence-electron chi connectivity index (χ2n) is 6.65. The van der Waals surface area contributed by atoms with Gasteiger partial charge in [0, 0.05) is 61.4 Å². The average molecular weight is 402 g/mol. The third-order valence-electron chi connectivity index (χ3n) is 4.99. The van der Waals surface area contributed by atoms with Gasteiger partial charge in [0.25, 0.3) is 0 Å². The minimum atomic E-state index is 0.162. The van der Waals surface area contributed by atoms with Crippen molar-refractivity contribution in [3.63, 3.8) is 0 Å². The van der Waals surface area contributed by atoms with Crippen molar-refractivity contribution in [1.29, 1.82) is 0 Å². The van der Waals surface area contributed by atoms with Crippen LogP contribution in [0.2, 0.25) is 10.0 Å². The highest BCUT2D eigenvalue weighted by molar-refractivity contribution is 6.35. The molecule has 0 aliphatic carbocycles. The van der Waals surface area contributed by atoms with Gasteiger partial charge in [-0.3, -0.25) is 4.90 Å². The highest BCUT2D eigenvalue weighted by Gasteiger charge is 2.27. The van der Waals surface area contributed by atoms with Crippen LogP contribution in [0.4, 0.5) is 5.82 Å². The molecule has 1 fully saturated rings. The molecule has 0 amide bonds. The molecule has 1 aliphatic rings. The molecule has 1 saturated heterocycles. The van der Waals surface area contributed by atoms with Gasteiger partial charge in [-0.25, -0.2) is 9.97 Å². The number of rotatable bonds is 5. The first kappa shape index (κ1) is 18.3. The number of hydrogen-bond donors (Lipinski definition) is 0. The van der Waals surface area contributed by atoms with Gasteiger partial charge in [-0.2, -0.15) is 0 Å². The Kier molecular flexibility index (Phi) is 5.62. The van der Waals surface area contributed by atoms with Crippen LogP contribution in [0.15, 0.2) is 61.3 Å². The van der Waals surface area contributed by atoms with Crippen LogP contribution in [0.5, 0.6) is 0 Å². The minimum absolute atomic E-state index is 0.162. The van der Waals surface area contributed by atoms with E-state index in [4.69, 9.17) is 23.2 Å². The van der Waals surface area contributed by atoms with E-state index in [9.17, 15) is 0 Å². The van der Waals surface area contributed by atoms with Crippen molar-refractivity contribution >= 4 is 29.0 Å². The highest BCUT2D eigenvalue weighted by Crippen LogP contribution is 2.32. The lowest BCUT2D eigenvalue weighted by atomic mass is 10.0. The van der Waals surface area contributed by atoms with Crippen molar-refractivity contribution in [1.82, 2.24) is 19.4 Å². The Morgan fingerprint density at radius 3 is 2.52 bits per heavy atom. The Morgan fingerprint density at radius 2 is 1.85 bits per heavy atom. The first-order valence-corrected chi connectivity index (χ1v) is 9.77. The standard InChI is InChI=1S/C20H21Cl2N5/c21-16-4-5-17(18(22)13-16)19(14-25-8-7-23-15-25)26-9-11-27(12-10-26)20-3-1-2-6-24-20/h1-8,13,15,19H,9-12,14H2. The van der Waals surface area contributed by atoms with E-state index in [1.165, 1.54) is 0 Å². The fraction of sp³-hybridized carbons (Fsp3) is 0.300.